The Morgan fingerprint density at radius 1 is 1.26 bits per heavy atom. The summed E-state index contributed by atoms with van der Waals surface area (Å²) < 4.78 is 24.4. The lowest BCUT2D eigenvalue weighted by molar-refractivity contribution is 0.449. The Kier molecular flexibility index (Phi) is 3.73. The third kappa shape index (κ3) is 2.42. The number of fused-ring (bicyclic) bond motifs is 1. The lowest BCUT2D eigenvalue weighted by Gasteiger charge is -2.32. The third-order valence-corrected chi connectivity index (χ3v) is 6.89. The highest BCUT2D eigenvalue weighted by atomic mass is 32.2. The average molecular weight is 297 g/mol. The Hall–Kier alpha value is -0.910. The van der Waals surface area contributed by atoms with Crippen LogP contribution in [0.3, 0.4) is 0 Å². The first-order chi connectivity index (χ1) is 8.79. The summed E-state index contributed by atoms with van der Waals surface area (Å²) in [5, 5.41) is 6.35. The lowest BCUT2D eigenvalue weighted by Crippen LogP contribution is -2.43. The van der Waals surface area contributed by atoms with Crippen molar-refractivity contribution in [3.8, 4) is 0 Å². The quantitative estimate of drug-likeness (QED) is 0.943. The minimum Gasteiger partial charge on any atom is -0.312 e. The molecular weight excluding hydrogens is 278 g/mol. The lowest BCUT2D eigenvalue weighted by atomic mass is 9.95. The summed E-state index contributed by atoms with van der Waals surface area (Å²) in [5.41, 5.74) is 1.05. The minimum atomic E-state index is -3.17. The molecule has 5 heteroatoms. The van der Waals surface area contributed by atoms with E-state index in [2.05, 4.69) is 16.8 Å². The van der Waals surface area contributed by atoms with Crippen LogP contribution in [-0.4, -0.2) is 26.5 Å². The molecule has 1 N–H and O–H groups in total. The molecule has 0 spiro atoms. The fourth-order valence-electron chi connectivity index (χ4n) is 2.31. The molecular formula is C14H19NO2S2. The highest BCUT2D eigenvalue weighted by Gasteiger charge is 2.40. The maximum absolute atomic E-state index is 12.0. The van der Waals surface area contributed by atoms with Crippen LogP contribution < -0.4 is 5.32 Å². The molecule has 1 atom stereocenters. The summed E-state index contributed by atoms with van der Waals surface area (Å²) in [4.78, 5) is 0. The summed E-state index contributed by atoms with van der Waals surface area (Å²) in [5.74, 6) is 0. The van der Waals surface area contributed by atoms with Gasteiger partial charge in [0.15, 0.2) is 9.84 Å². The van der Waals surface area contributed by atoms with Crippen molar-refractivity contribution in [2.24, 2.45) is 0 Å². The molecule has 0 bridgehead atoms. The van der Waals surface area contributed by atoms with Crippen molar-refractivity contribution in [1.29, 1.82) is 0 Å². The first-order valence-electron chi connectivity index (χ1n) is 6.12. The van der Waals surface area contributed by atoms with E-state index in [1.165, 1.54) is 11.0 Å². The molecule has 0 saturated heterocycles. The molecule has 2 rings (SSSR count). The molecule has 0 amide bonds. The molecule has 1 heterocycles. The second kappa shape index (κ2) is 4.89. The molecule has 0 radical (unpaired) electrons. The van der Waals surface area contributed by atoms with Crippen LogP contribution in [-0.2, 0) is 9.84 Å². The summed E-state index contributed by atoms with van der Waals surface area (Å²) in [6.07, 6.45) is 1.30. The number of rotatable bonds is 4. The second-order valence-corrected chi connectivity index (χ2v) is 8.79. The molecule has 2 aromatic rings. The van der Waals surface area contributed by atoms with Crippen LogP contribution in [0.5, 0.6) is 0 Å². The van der Waals surface area contributed by atoms with Gasteiger partial charge >= 0.3 is 0 Å². The SMILES string of the molecule is CNC(c1csc2ccccc12)C(C)(C)S(C)(=O)=O. The predicted molar refractivity (Wildman–Crippen MR) is 82.5 cm³/mol. The van der Waals surface area contributed by atoms with Crippen LogP contribution in [0.4, 0.5) is 0 Å². The number of thiophene rings is 1. The van der Waals surface area contributed by atoms with Crippen LogP contribution >= 0.6 is 11.3 Å². The van der Waals surface area contributed by atoms with Gasteiger partial charge in [0.05, 0.1) is 10.8 Å². The smallest absolute Gasteiger partial charge is 0.154 e. The molecule has 1 unspecified atom stereocenters. The fourth-order valence-corrected chi connectivity index (χ4v) is 3.97. The van der Waals surface area contributed by atoms with Gasteiger partial charge in [-0.2, -0.15) is 0 Å². The van der Waals surface area contributed by atoms with E-state index in [-0.39, 0.29) is 6.04 Å². The van der Waals surface area contributed by atoms with Gasteiger partial charge in [-0.05, 0) is 43.3 Å². The van der Waals surface area contributed by atoms with Gasteiger partial charge < -0.3 is 5.32 Å². The molecule has 1 aromatic carbocycles. The zero-order valence-corrected chi connectivity index (χ0v) is 13.2. The molecule has 1 aromatic heterocycles. The van der Waals surface area contributed by atoms with E-state index < -0.39 is 14.6 Å². The van der Waals surface area contributed by atoms with E-state index in [0.717, 1.165) is 10.9 Å². The summed E-state index contributed by atoms with van der Waals surface area (Å²) in [6, 6.07) is 7.86. The maximum atomic E-state index is 12.0. The summed E-state index contributed by atoms with van der Waals surface area (Å²) in [7, 11) is -1.36. The fraction of sp³-hybridized carbons (Fsp3) is 0.429. The monoisotopic (exact) mass is 297 g/mol. The van der Waals surface area contributed by atoms with Crippen LogP contribution in [0.1, 0.15) is 25.5 Å². The van der Waals surface area contributed by atoms with Gasteiger partial charge in [0, 0.05) is 11.0 Å². The van der Waals surface area contributed by atoms with Gasteiger partial charge in [0.2, 0.25) is 0 Å². The van der Waals surface area contributed by atoms with E-state index in [4.69, 9.17) is 0 Å². The summed E-state index contributed by atoms with van der Waals surface area (Å²) in [6.45, 7) is 3.55. The van der Waals surface area contributed by atoms with Gasteiger partial charge in [-0.15, -0.1) is 11.3 Å². The van der Waals surface area contributed by atoms with E-state index in [0.29, 0.717) is 0 Å². The van der Waals surface area contributed by atoms with Crippen molar-refractivity contribution in [3.05, 3.63) is 35.2 Å². The summed E-state index contributed by atoms with van der Waals surface area (Å²) >= 11 is 1.65. The van der Waals surface area contributed by atoms with E-state index in [9.17, 15) is 8.42 Å². The van der Waals surface area contributed by atoms with Crippen LogP contribution in [0.25, 0.3) is 10.1 Å². The Balaban J connectivity index is 2.60. The molecule has 0 aliphatic rings. The molecule has 3 nitrogen and oxygen atoms in total. The molecule has 0 fully saturated rings. The van der Waals surface area contributed by atoms with Gasteiger partial charge in [-0.1, -0.05) is 18.2 Å². The number of benzene rings is 1. The number of hydrogen-bond donors (Lipinski definition) is 1. The van der Waals surface area contributed by atoms with Crippen molar-refractivity contribution in [1.82, 2.24) is 5.32 Å². The van der Waals surface area contributed by atoms with Gasteiger partial charge in [-0.25, -0.2) is 8.42 Å². The van der Waals surface area contributed by atoms with Crippen molar-refractivity contribution in [3.63, 3.8) is 0 Å². The second-order valence-electron chi connectivity index (χ2n) is 5.28. The zero-order chi connectivity index (χ0) is 14.3. The largest absolute Gasteiger partial charge is 0.312 e. The minimum absolute atomic E-state index is 0.223. The normalized spacial score (nSPS) is 14.7. The van der Waals surface area contributed by atoms with Crippen LogP contribution in [0, 0.1) is 0 Å². The number of hydrogen-bond acceptors (Lipinski definition) is 4. The Bertz CT molecular complexity index is 686. The molecule has 0 aliphatic heterocycles. The van der Waals surface area contributed by atoms with Gasteiger partial charge in [0.25, 0.3) is 0 Å². The standard InChI is InChI=1S/C14H19NO2S2/c1-14(2,19(4,16)17)13(15-3)11-9-18-12-8-6-5-7-10(11)12/h5-9,13,15H,1-4H3. The van der Waals surface area contributed by atoms with Crippen LogP contribution in [0.15, 0.2) is 29.6 Å². The highest BCUT2D eigenvalue weighted by molar-refractivity contribution is 7.92. The zero-order valence-electron chi connectivity index (χ0n) is 11.6. The first-order valence-corrected chi connectivity index (χ1v) is 8.89. The first kappa shape index (κ1) is 14.5. The molecule has 104 valence electrons. The van der Waals surface area contributed by atoms with Crippen molar-refractivity contribution in [2.75, 3.05) is 13.3 Å². The van der Waals surface area contributed by atoms with Crippen molar-refractivity contribution in [2.45, 2.75) is 24.6 Å². The van der Waals surface area contributed by atoms with Gasteiger partial charge in [-0.3, -0.25) is 0 Å². The maximum Gasteiger partial charge on any atom is 0.154 e. The Morgan fingerprint density at radius 3 is 2.47 bits per heavy atom. The van der Waals surface area contributed by atoms with E-state index in [1.54, 1.807) is 25.2 Å². The van der Waals surface area contributed by atoms with Crippen molar-refractivity contribution < 1.29 is 8.42 Å². The molecule has 0 saturated carbocycles. The number of nitrogens with one attached hydrogen (secondary N) is 1. The molecule has 0 aliphatic carbocycles. The number of sulfone groups is 1. The molecule has 19 heavy (non-hydrogen) atoms. The predicted octanol–water partition coefficient (Wildman–Crippen LogP) is 2.99. The third-order valence-electron chi connectivity index (χ3n) is 3.76. The highest BCUT2D eigenvalue weighted by Crippen LogP contribution is 2.38. The Morgan fingerprint density at radius 2 is 1.89 bits per heavy atom. The average Bonchev–Trinajstić information content (AvgIpc) is 2.73. The van der Waals surface area contributed by atoms with E-state index in [1.807, 2.05) is 25.2 Å². The topological polar surface area (TPSA) is 46.2 Å². The van der Waals surface area contributed by atoms with Crippen molar-refractivity contribution >= 4 is 31.3 Å². The Labute approximate surface area is 118 Å². The van der Waals surface area contributed by atoms with Gasteiger partial charge in [0.1, 0.15) is 0 Å². The van der Waals surface area contributed by atoms with Crippen LogP contribution in [0.2, 0.25) is 0 Å². The van der Waals surface area contributed by atoms with E-state index >= 15 is 0 Å².